The Morgan fingerprint density at radius 2 is 1.56 bits per heavy atom. The quantitative estimate of drug-likeness (QED) is 0.777. The zero-order chi connectivity index (χ0) is 18.2. The van der Waals surface area contributed by atoms with Crippen LogP contribution in [0.2, 0.25) is 0 Å². The van der Waals surface area contributed by atoms with Gasteiger partial charge in [-0.05, 0) is 36.7 Å². The molecule has 134 valence electrons. The lowest BCUT2D eigenvalue weighted by Crippen LogP contribution is -2.33. The summed E-state index contributed by atoms with van der Waals surface area (Å²) in [6, 6.07) is 15.5. The summed E-state index contributed by atoms with van der Waals surface area (Å²) >= 11 is 0. The monoisotopic (exact) mass is 339 g/mol. The Balaban J connectivity index is 1.87. The van der Waals surface area contributed by atoms with Crippen molar-refractivity contribution in [2.24, 2.45) is 5.73 Å². The van der Waals surface area contributed by atoms with Crippen LogP contribution in [0, 0.1) is 6.92 Å². The van der Waals surface area contributed by atoms with Gasteiger partial charge < -0.3 is 11.1 Å². The van der Waals surface area contributed by atoms with Gasteiger partial charge in [-0.25, -0.2) is 0 Å². The van der Waals surface area contributed by atoms with Gasteiger partial charge in [-0.15, -0.1) is 0 Å². The SMILES string of the molecule is CCN(CC)Cc1ccc(CNC(=O)C(N)c2ccc(C)cc2)cc1. The lowest BCUT2D eigenvalue weighted by atomic mass is 10.1. The first-order valence-corrected chi connectivity index (χ1v) is 8.93. The molecule has 1 unspecified atom stereocenters. The number of benzene rings is 2. The molecule has 0 aliphatic heterocycles. The van der Waals surface area contributed by atoms with Gasteiger partial charge in [0.2, 0.25) is 5.91 Å². The van der Waals surface area contributed by atoms with Crippen molar-refractivity contribution in [3.05, 3.63) is 70.8 Å². The molecule has 2 aromatic carbocycles. The van der Waals surface area contributed by atoms with Crippen molar-refractivity contribution < 1.29 is 4.79 Å². The number of carbonyl (C=O) groups is 1. The fourth-order valence-electron chi connectivity index (χ4n) is 2.69. The zero-order valence-electron chi connectivity index (χ0n) is 15.5. The molecular weight excluding hydrogens is 310 g/mol. The number of rotatable bonds is 8. The van der Waals surface area contributed by atoms with E-state index < -0.39 is 6.04 Å². The summed E-state index contributed by atoms with van der Waals surface area (Å²) in [4.78, 5) is 14.6. The molecule has 0 saturated carbocycles. The molecule has 25 heavy (non-hydrogen) atoms. The maximum Gasteiger partial charge on any atom is 0.241 e. The predicted molar refractivity (Wildman–Crippen MR) is 103 cm³/mol. The van der Waals surface area contributed by atoms with Gasteiger partial charge in [-0.3, -0.25) is 9.69 Å². The van der Waals surface area contributed by atoms with Crippen LogP contribution in [0.3, 0.4) is 0 Å². The largest absolute Gasteiger partial charge is 0.350 e. The van der Waals surface area contributed by atoms with E-state index in [0.29, 0.717) is 6.54 Å². The molecule has 0 radical (unpaired) electrons. The molecule has 0 saturated heterocycles. The highest BCUT2D eigenvalue weighted by Crippen LogP contribution is 2.12. The molecule has 1 atom stereocenters. The fraction of sp³-hybridized carbons (Fsp3) is 0.381. The summed E-state index contributed by atoms with van der Waals surface area (Å²) < 4.78 is 0. The number of nitrogens with one attached hydrogen (secondary N) is 1. The number of nitrogens with zero attached hydrogens (tertiary/aromatic N) is 1. The summed E-state index contributed by atoms with van der Waals surface area (Å²) in [6.07, 6.45) is 0. The van der Waals surface area contributed by atoms with E-state index in [1.165, 1.54) is 5.56 Å². The van der Waals surface area contributed by atoms with Crippen molar-refractivity contribution in [2.75, 3.05) is 13.1 Å². The van der Waals surface area contributed by atoms with Crippen LogP contribution in [-0.4, -0.2) is 23.9 Å². The van der Waals surface area contributed by atoms with Crippen LogP contribution in [0.25, 0.3) is 0 Å². The first kappa shape index (κ1) is 19.2. The van der Waals surface area contributed by atoms with Gasteiger partial charge in [-0.1, -0.05) is 67.9 Å². The smallest absolute Gasteiger partial charge is 0.241 e. The van der Waals surface area contributed by atoms with Crippen LogP contribution in [0.5, 0.6) is 0 Å². The van der Waals surface area contributed by atoms with Crippen LogP contribution in [0.1, 0.15) is 42.1 Å². The van der Waals surface area contributed by atoms with E-state index in [0.717, 1.165) is 36.3 Å². The molecule has 3 N–H and O–H groups in total. The van der Waals surface area contributed by atoms with Crippen LogP contribution in [0.15, 0.2) is 48.5 Å². The average Bonchev–Trinajstić information content (AvgIpc) is 2.65. The lowest BCUT2D eigenvalue weighted by molar-refractivity contribution is -0.122. The van der Waals surface area contributed by atoms with E-state index in [2.05, 4.69) is 48.3 Å². The van der Waals surface area contributed by atoms with Crippen LogP contribution in [-0.2, 0) is 17.9 Å². The molecule has 0 heterocycles. The minimum Gasteiger partial charge on any atom is -0.350 e. The summed E-state index contributed by atoms with van der Waals surface area (Å²) in [5.74, 6) is -0.156. The number of nitrogens with two attached hydrogens (primary N) is 1. The molecule has 0 aliphatic carbocycles. The van der Waals surface area contributed by atoms with Gasteiger partial charge in [0.05, 0.1) is 0 Å². The molecule has 0 aliphatic rings. The van der Waals surface area contributed by atoms with Gasteiger partial charge >= 0.3 is 0 Å². The van der Waals surface area contributed by atoms with Gasteiger partial charge in [0.25, 0.3) is 0 Å². The van der Waals surface area contributed by atoms with Crippen molar-refractivity contribution >= 4 is 5.91 Å². The normalized spacial score (nSPS) is 12.2. The molecule has 2 aromatic rings. The third-order valence-corrected chi connectivity index (χ3v) is 4.51. The van der Waals surface area contributed by atoms with Crippen molar-refractivity contribution in [3.8, 4) is 0 Å². The molecule has 1 amide bonds. The third-order valence-electron chi connectivity index (χ3n) is 4.51. The summed E-state index contributed by atoms with van der Waals surface area (Å²) in [7, 11) is 0. The molecule has 4 heteroatoms. The van der Waals surface area contributed by atoms with Crippen LogP contribution in [0.4, 0.5) is 0 Å². The number of carbonyl (C=O) groups excluding carboxylic acids is 1. The van der Waals surface area contributed by atoms with E-state index >= 15 is 0 Å². The number of hydrogen-bond acceptors (Lipinski definition) is 3. The van der Waals surface area contributed by atoms with Crippen LogP contribution < -0.4 is 11.1 Å². The third kappa shape index (κ3) is 5.69. The molecule has 0 aromatic heterocycles. The van der Waals surface area contributed by atoms with Crippen LogP contribution >= 0.6 is 0 Å². The van der Waals surface area contributed by atoms with E-state index in [4.69, 9.17) is 5.73 Å². The first-order chi connectivity index (χ1) is 12.0. The Morgan fingerprint density at radius 1 is 1.00 bits per heavy atom. The molecule has 4 nitrogen and oxygen atoms in total. The average molecular weight is 339 g/mol. The van der Waals surface area contributed by atoms with Gasteiger partial charge in [0.1, 0.15) is 6.04 Å². The first-order valence-electron chi connectivity index (χ1n) is 8.93. The van der Waals surface area contributed by atoms with Gasteiger partial charge in [0, 0.05) is 13.1 Å². The standard InChI is InChI=1S/C21H29N3O/c1-4-24(5-2)15-18-10-8-17(9-11-18)14-23-21(25)20(22)19-12-6-16(3)7-13-19/h6-13,20H,4-5,14-15,22H2,1-3H3,(H,23,25). The Labute approximate surface area is 151 Å². The van der Waals surface area contributed by atoms with Crippen molar-refractivity contribution in [1.29, 1.82) is 0 Å². The lowest BCUT2D eigenvalue weighted by Gasteiger charge is -2.18. The van der Waals surface area contributed by atoms with Crippen molar-refractivity contribution in [3.63, 3.8) is 0 Å². The van der Waals surface area contributed by atoms with Gasteiger partial charge in [0.15, 0.2) is 0 Å². The predicted octanol–water partition coefficient (Wildman–Crippen LogP) is 3.15. The Morgan fingerprint density at radius 3 is 2.12 bits per heavy atom. The zero-order valence-corrected chi connectivity index (χ0v) is 15.5. The molecular formula is C21H29N3O. The van der Waals surface area contributed by atoms with E-state index in [1.807, 2.05) is 31.2 Å². The van der Waals surface area contributed by atoms with Crippen molar-refractivity contribution in [1.82, 2.24) is 10.2 Å². The van der Waals surface area contributed by atoms with E-state index in [1.54, 1.807) is 0 Å². The fourth-order valence-corrected chi connectivity index (χ4v) is 2.69. The second-order valence-corrected chi connectivity index (χ2v) is 6.38. The molecule has 2 rings (SSSR count). The van der Waals surface area contributed by atoms with Crippen molar-refractivity contribution in [2.45, 2.75) is 39.9 Å². The topological polar surface area (TPSA) is 58.4 Å². The second-order valence-electron chi connectivity index (χ2n) is 6.38. The Hall–Kier alpha value is -2.17. The Bertz CT molecular complexity index is 661. The summed E-state index contributed by atoms with van der Waals surface area (Å²) in [6.45, 7) is 9.90. The highest BCUT2D eigenvalue weighted by molar-refractivity contribution is 5.82. The Kier molecular flexibility index (Phi) is 7.16. The highest BCUT2D eigenvalue weighted by atomic mass is 16.2. The maximum absolute atomic E-state index is 12.2. The van der Waals surface area contributed by atoms with E-state index in [-0.39, 0.29) is 5.91 Å². The number of amides is 1. The molecule has 0 spiro atoms. The van der Waals surface area contributed by atoms with E-state index in [9.17, 15) is 4.79 Å². The second kappa shape index (κ2) is 9.35. The number of hydrogen-bond donors (Lipinski definition) is 2. The van der Waals surface area contributed by atoms with Gasteiger partial charge in [-0.2, -0.15) is 0 Å². The number of aryl methyl sites for hydroxylation is 1. The minimum atomic E-state index is -0.637. The maximum atomic E-state index is 12.2. The summed E-state index contributed by atoms with van der Waals surface area (Å²) in [5, 5.41) is 2.92. The summed E-state index contributed by atoms with van der Waals surface area (Å²) in [5.41, 5.74) is 10.4. The minimum absolute atomic E-state index is 0.156. The molecule has 0 bridgehead atoms. The molecule has 0 fully saturated rings. The highest BCUT2D eigenvalue weighted by Gasteiger charge is 2.15.